The van der Waals surface area contributed by atoms with Crippen molar-refractivity contribution in [1.82, 2.24) is 35.1 Å². The first kappa shape index (κ1) is 45.9. The number of Topliss-reactive ketones (excluding diaryl/α,β-unsaturated/α-hetero) is 1. The molecule has 326 valence electrons. The summed E-state index contributed by atoms with van der Waals surface area (Å²) in [5.41, 5.74) is -5.06. The van der Waals surface area contributed by atoms with E-state index >= 15 is 4.39 Å². The fraction of sp³-hybridized carbons (Fsp3) is 0.800. The van der Waals surface area contributed by atoms with Crippen LogP contribution in [-0.4, -0.2) is 153 Å². The number of unbranched alkanes of at least 4 members (excludes halogenated alkanes) is 1. The molecule has 3 fully saturated rings. The summed E-state index contributed by atoms with van der Waals surface area (Å²) in [5.74, 6) is -3.84. The SMILES string of the molecule is CC[C@H]1OC(=O)[C@](C)(F)C(=O)[C@@H](C)[C@@H](O[C@@H]2OC(C)CC(N(C)C)C2O)[C@](C)(OC)C[C@@H](C)CN[C@H](C)[C@H]2N(CCCCn3cc(-c4nccs4)nn3)C(=O)O[C@]12C. The number of hydrogen-bond acceptors (Lipinski definition) is 15. The number of amides is 1. The third-order valence-corrected chi connectivity index (χ3v) is 13.1. The molecule has 2 aromatic heterocycles. The molecule has 3 aliphatic rings. The number of halogens is 1. The van der Waals surface area contributed by atoms with Crippen molar-refractivity contribution in [2.45, 2.75) is 160 Å². The highest BCUT2D eigenvalue weighted by Gasteiger charge is 2.60. The van der Waals surface area contributed by atoms with Gasteiger partial charge < -0.3 is 39.0 Å². The van der Waals surface area contributed by atoms with Crippen molar-refractivity contribution in [3.8, 4) is 10.7 Å². The topological polar surface area (TPSA) is 180 Å². The molecular formula is C40H64FN7O9S. The minimum Gasteiger partial charge on any atom is -0.455 e. The Balaban J connectivity index is 1.41. The summed E-state index contributed by atoms with van der Waals surface area (Å²) in [6.45, 7) is 14.8. The minimum atomic E-state index is -3.13. The number of nitrogens with one attached hydrogen (secondary N) is 1. The van der Waals surface area contributed by atoms with Gasteiger partial charge in [-0.1, -0.05) is 26.0 Å². The van der Waals surface area contributed by atoms with Crippen LogP contribution in [0.4, 0.5) is 9.18 Å². The summed E-state index contributed by atoms with van der Waals surface area (Å²) in [7, 11) is 5.21. The van der Waals surface area contributed by atoms with Gasteiger partial charge in [-0.2, -0.15) is 0 Å². The quantitative estimate of drug-likeness (QED) is 0.186. The lowest BCUT2D eigenvalue weighted by atomic mass is 9.78. The summed E-state index contributed by atoms with van der Waals surface area (Å²) in [4.78, 5) is 49.8. The second-order valence-corrected chi connectivity index (χ2v) is 18.1. The number of thiazole rings is 1. The number of ether oxygens (including phenoxy) is 5. The number of esters is 1. The third-order valence-electron chi connectivity index (χ3n) is 12.3. The normalized spacial score (nSPS) is 38.2. The Hall–Kier alpha value is -3.13. The van der Waals surface area contributed by atoms with Crippen molar-refractivity contribution in [3.05, 3.63) is 17.8 Å². The number of cyclic esters (lactones) is 1. The Bertz CT molecular complexity index is 1700. The lowest BCUT2D eigenvalue weighted by molar-refractivity contribution is -0.295. The first-order valence-electron chi connectivity index (χ1n) is 20.4. The number of ketones is 1. The van der Waals surface area contributed by atoms with E-state index in [1.165, 1.54) is 25.4 Å². The summed E-state index contributed by atoms with van der Waals surface area (Å²) in [6, 6.07) is -1.33. The van der Waals surface area contributed by atoms with Gasteiger partial charge in [0.15, 0.2) is 17.7 Å². The van der Waals surface area contributed by atoms with Crippen LogP contribution in [0.25, 0.3) is 10.7 Å². The van der Waals surface area contributed by atoms with Crippen LogP contribution in [0.1, 0.15) is 87.5 Å². The van der Waals surface area contributed by atoms with E-state index in [0.717, 1.165) is 11.9 Å². The van der Waals surface area contributed by atoms with Gasteiger partial charge in [-0.25, -0.2) is 19.0 Å². The molecule has 0 aromatic carbocycles. The lowest BCUT2D eigenvalue weighted by Crippen LogP contribution is -2.61. The molecule has 13 atom stereocenters. The fourth-order valence-electron chi connectivity index (χ4n) is 9.07. The van der Waals surface area contributed by atoms with E-state index in [0.29, 0.717) is 51.0 Å². The standard InChI is InChI=1S/C40H64FN7O9S/c1-12-29-40(8)31(48(37(52)57-40)17-14-13-16-47-22-27(44-45-47)34-42-15-18-58-34)26(5)43-21-23(2)20-38(6,53-11)33(25(4)32(50)39(7,41)36(51)55-29)56-35-30(49)28(46(9)10)19-24(3)54-35/h15,18,22-26,28-31,33,35,43,49H,12-14,16-17,19-21H2,1-11H3/t23-,24?,25-,26-,28?,29-,30?,31-,33-,35+,38-,39-,40-/m1/s1. The molecule has 0 saturated carbocycles. The first-order chi connectivity index (χ1) is 27.3. The van der Waals surface area contributed by atoms with Gasteiger partial charge in [0.25, 0.3) is 5.67 Å². The molecule has 2 N–H and O–H groups in total. The highest BCUT2D eigenvalue weighted by molar-refractivity contribution is 7.13. The zero-order chi connectivity index (χ0) is 42.7. The number of carbonyl (C=O) groups excluding carboxylic acids is 3. The van der Waals surface area contributed by atoms with Crippen molar-refractivity contribution >= 4 is 29.2 Å². The van der Waals surface area contributed by atoms with E-state index in [-0.39, 0.29) is 30.5 Å². The van der Waals surface area contributed by atoms with Gasteiger partial charge in [0.1, 0.15) is 22.9 Å². The summed E-state index contributed by atoms with van der Waals surface area (Å²) >= 11 is 1.48. The number of nitrogens with zero attached hydrogens (tertiary/aromatic N) is 6. The number of likely N-dealkylation sites (N-methyl/N-ethyl adjacent to an activating group) is 1. The number of hydrogen-bond donors (Lipinski definition) is 2. The summed E-state index contributed by atoms with van der Waals surface area (Å²) in [6.07, 6.45) is 0.517. The molecule has 0 aliphatic carbocycles. The number of aliphatic hydroxyl groups excluding tert-OH is 1. The molecule has 18 heteroatoms. The van der Waals surface area contributed by atoms with Crippen LogP contribution in [-0.2, 0) is 39.8 Å². The highest BCUT2D eigenvalue weighted by Crippen LogP contribution is 2.41. The second-order valence-electron chi connectivity index (χ2n) is 17.2. The fourth-order valence-corrected chi connectivity index (χ4v) is 9.66. The maximum Gasteiger partial charge on any atom is 0.410 e. The third kappa shape index (κ3) is 9.58. The maximum atomic E-state index is 16.9. The van der Waals surface area contributed by atoms with Crippen LogP contribution in [0.2, 0.25) is 0 Å². The number of methoxy groups -OCH3 is 1. The zero-order valence-corrected chi connectivity index (χ0v) is 36.7. The van der Waals surface area contributed by atoms with Crippen LogP contribution < -0.4 is 5.32 Å². The van der Waals surface area contributed by atoms with Gasteiger partial charge in [0.2, 0.25) is 0 Å². The largest absolute Gasteiger partial charge is 0.455 e. The van der Waals surface area contributed by atoms with E-state index < -0.39 is 71.3 Å². The Morgan fingerprint density at radius 1 is 1.12 bits per heavy atom. The van der Waals surface area contributed by atoms with Gasteiger partial charge in [-0.15, -0.1) is 16.4 Å². The molecular weight excluding hydrogens is 774 g/mol. The maximum absolute atomic E-state index is 16.9. The van der Waals surface area contributed by atoms with E-state index in [4.69, 9.17) is 23.7 Å². The first-order valence-corrected chi connectivity index (χ1v) is 21.3. The molecule has 0 bridgehead atoms. The van der Waals surface area contributed by atoms with Crippen molar-refractivity contribution in [2.75, 3.05) is 34.3 Å². The van der Waals surface area contributed by atoms with Crippen LogP contribution in [0.15, 0.2) is 17.8 Å². The number of fused-ring (bicyclic) bond motifs is 1. The average molecular weight is 838 g/mol. The Kier molecular flexibility index (Phi) is 14.8. The van der Waals surface area contributed by atoms with Gasteiger partial charge in [0, 0.05) is 49.8 Å². The van der Waals surface area contributed by atoms with Gasteiger partial charge in [0.05, 0.1) is 30.0 Å². The molecule has 2 aromatic rings. The van der Waals surface area contributed by atoms with E-state index in [1.807, 2.05) is 51.3 Å². The Labute approximate surface area is 345 Å². The number of alkyl halides is 1. The molecule has 16 nitrogen and oxygen atoms in total. The average Bonchev–Trinajstić information content (AvgIpc) is 3.93. The Morgan fingerprint density at radius 2 is 1.83 bits per heavy atom. The predicted octanol–water partition coefficient (Wildman–Crippen LogP) is 4.25. The van der Waals surface area contributed by atoms with Crippen molar-refractivity contribution in [2.24, 2.45) is 11.8 Å². The molecule has 5 heterocycles. The second kappa shape index (κ2) is 18.6. The molecule has 5 rings (SSSR count). The highest BCUT2D eigenvalue weighted by atomic mass is 32.1. The molecule has 3 aliphatic heterocycles. The van der Waals surface area contributed by atoms with Gasteiger partial charge in [-0.05, 0) is 93.3 Å². The van der Waals surface area contributed by atoms with E-state index in [2.05, 4.69) is 20.6 Å². The minimum absolute atomic E-state index is 0.108. The van der Waals surface area contributed by atoms with Crippen molar-refractivity contribution in [3.63, 3.8) is 0 Å². The predicted molar refractivity (Wildman–Crippen MR) is 214 cm³/mol. The molecule has 3 saturated heterocycles. The number of carbonyl (C=O) groups is 3. The number of rotatable bonds is 11. The van der Waals surface area contributed by atoms with E-state index in [9.17, 15) is 19.5 Å². The Morgan fingerprint density at radius 3 is 2.47 bits per heavy atom. The zero-order valence-electron chi connectivity index (χ0n) is 35.8. The lowest BCUT2D eigenvalue weighted by Gasteiger charge is -2.47. The molecule has 0 spiro atoms. The van der Waals surface area contributed by atoms with Crippen LogP contribution in [0.5, 0.6) is 0 Å². The molecule has 58 heavy (non-hydrogen) atoms. The number of aliphatic hydroxyl groups is 1. The van der Waals surface area contributed by atoms with Crippen molar-refractivity contribution < 1.29 is 47.6 Å². The van der Waals surface area contributed by atoms with Crippen LogP contribution in [0, 0.1) is 11.8 Å². The van der Waals surface area contributed by atoms with Crippen molar-refractivity contribution in [1.29, 1.82) is 0 Å². The van der Waals surface area contributed by atoms with Gasteiger partial charge in [-0.3, -0.25) is 14.4 Å². The molecule has 3 unspecified atom stereocenters. The molecule has 1 amide bonds. The summed E-state index contributed by atoms with van der Waals surface area (Å²) < 4.78 is 49.5. The van der Waals surface area contributed by atoms with Gasteiger partial charge >= 0.3 is 12.1 Å². The molecule has 0 radical (unpaired) electrons. The number of aryl methyl sites for hydroxylation is 1. The smallest absolute Gasteiger partial charge is 0.410 e. The van der Waals surface area contributed by atoms with Crippen LogP contribution in [0.3, 0.4) is 0 Å². The van der Waals surface area contributed by atoms with Crippen LogP contribution >= 0.6 is 11.3 Å². The monoisotopic (exact) mass is 837 g/mol. The van der Waals surface area contributed by atoms with E-state index in [1.54, 1.807) is 36.5 Å². The summed E-state index contributed by atoms with van der Waals surface area (Å²) in [5, 5.41) is 26.1. The number of aromatic nitrogens is 4.